The highest BCUT2D eigenvalue weighted by Gasteiger charge is 2.33. The second-order valence-corrected chi connectivity index (χ2v) is 5.81. The summed E-state index contributed by atoms with van der Waals surface area (Å²) in [5.74, 6) is -5.13. The van der Waals surface area contributed by atoms with Gasteiger partial charge in [0.2, 0.25) is 0 Å². The third kappa shape index (κ3) is 6.50. The monoisotopic (exact) mass is 346 g/mol. The summed E-state index contributed by atoms with van der Waals surface area (Å²) in [6.45, 7) is 0. The quantitative estimate of drug-likeness (QED) is 0.298. The smallest absolute Gasteiger partial charge is 0.321 e. The number of aliphatic carboxylic acids is 4. The minimum absolute atomic E-state index is 0.449. The van der Waals surface area contributed by atoms with Crippen LogP contribution in [-0.2, 0) is 19.2 Å². The molecule has 0 aromatic carbocycles. The molecule has 4 atom stereocenters. The van der Waals surface area contributed by atoms with Gasteiger partial charge in [0.1, 0.15) is 12.1 Å². The van der Waals surface area contributed by atoms with Crippen molar-refractivity contribution in [2.75, 3.05) is 0 Å². The molecule has 4 unspecified atom stereocenters. The Morgan fingerprint density at radius 2 is 1.08 bits per heavy atom. The lowest BCUT2D eigenvalue weighted by molar-refractivity contribution is -0.147. The largest absolute Gasteiger partial charge is 0.481 e. The van der Waals surface area contributed by atoms with Crippen LogP contribution in [0.2, 0.25) is 0 Å². The fourth-order valence-corrected chi connectivity index (χ4v) is 2.83. The van der Waals surface area contributed by atoms with E-state index in [9.17, 15) is 19.2 Å². The average molecular weight is 346 g/mol. The molecule has 136 valence electrons. The number of carboxylic acid groups (broad SMARTS) is 4. The van der Waals surface area contributed by atoms with Crippen LogP contribution in [0.1, 0.15) is 38.5 Å². The molecule has 1 rings (SSSR count). The lowest BCUT2D eigenvalue weighted by atomic mass is 9.88. The molecule has 1 aliphatic rings. The molecule has 1 fully saturated rings. The lowest BCUT2D eigenvalue weighted by Gasteiger charge is -2.36. The highest BCUT2D eigenvalue weighted by Crippen LogP contribution is 2.20. The topological polar surface area (TPSA) is 173 Å². The van der Waals surface area contributed by atoms with Crippen molar-refractivity contribution < 1.29 is 39.6 Å². The summed E-state index contributed by atoms with van der Waals surface area (Å²) in [5, 5.41) is 41.3. The fourth-order valence-electron chi connectivity index (χ4n) is 2.83. The normalized spacial score (nSPS) is 23.2. The van der Waals surface area contributed by atoms with Crippen molar-refractivity contribution in [3.8, 4) is 0 Å². The molecule has 24 heavy (non-hydrogen) atoms. The first kappa shape index (κ1) is 19.8. The van der Waals surface area contributed by atoms with Gasteiger partial charge < -0.3 is 20.4 Å². The summed E-state index contributed by atoms with van der Waals surface area (Å²) in [5.41, 5.74) is 0. The molecule has 0 aromatic heterocycles. The molecule has 10 heteroatoms. The Labute approximate surface area is 137 Å². The Bertz CT molecular complexity index is 451. The van der Waals surface area contributed by atoms with Gasteiger partial charge in [0.05, 0.1) is 12.8 Å². The Hall–Kier alpha value is -2.20. The Kier molecular flexibility index (Phi) is 7.59. The van der Waals surface area contributed by atoms with Crippen LogP contribution in [0.4, 0.5) is 0 Å². The summed E-state index contributed by atoms with van der Waals surface area (Å²) in [4.78, 5) is 43.9. The maximum absolute atomic E-state index is 11.2. The molecule has 0 saturated heterocycles. The minimum atomic E-state index is -1.30. The molecule has 1 aliphatic carbocycles. The summed E-state index contributed by atoms with van der Waals surface area (Å²) < 4.78 is 0. The fraction of sp³-hybridized carbons (Fsp3) is 0.714. The van der Waals surface area contributed by atoms with Gasteiger partial charge in [0, 0.05) is 12.1 Å². The molecule has 0 bridgehead atoms. The minimum Gasteiger partial charge on any atom is -0.481 e. The molecular formula is C14H22N2O8. The standard InChI is InChI=1S/C14H22N2O8/c17-11(18)5-9(13(21)22)15-7-3-1-2-4-8(7)16-10(14(23)24)6-12(19)20/h7-10,15-16H,1-6H2,(H,17,18)(H,19,20)(H,21,22)(H,23,24). The Balaban J connectivity index is 2.79. The average Bonchev–Trinajstić information content (AvgIpc) is 2.46. The van der Waals surface area contributed by atoms with Gasteiger partial charge >= 0.3 is 23.9 Å². The van der Waals surface area contributed by atoms with E-state index in [2.05, 4.69) is 10.6 Å². The van der Waals surface area contributed by atoms with E-state index in [1.165, 1.54) is 0 Å². The zero-order valence-corrected chi connectivity index (χ0v) is 13.0. The van der Waals surface area contributed by atoms with E-state index in [1.807, 2.05) is 0 Å². The van der Waals surface area contributed by atoms with E-state index >= 15 is 0 Å². The van der Waals surface area contributed by atoms with Crippen molar-refractivity contribution in [1.29, 1.82) is 0 Å². The molecule has 6 N–H and O–H groups in total. The predicted octanol–water partition coefficient (Wildman–Crippen LogP) is -0.667. The predicted molar refractivity (Wildman–Crippen MR) is 79.7 cm³/mol. The van der Waals surface area contributed by atoms with Gasteiger partial charge in [-0.3, -0.25) is 29.8 Å². The van der Waals surface area contributed by atoms with Crippen LogP contribution in [0.25, 0.3) is 0 Å². The van der Waals surface area contributed by atoms with Gasteiger partial charge in [0.25, 0.3) is 0 Å². The van der Waals surface area contributed by atoms with Crippen LogP contribution in [0.15, 0.2) is 0 Å². The van der Waals surface area contributed by atoms with Gasteiger partial charge in [-0.15, -0.1) is 0 Å². The first-order valence-corrected chi connectivity index (χ1v) is 7.62. The van der Waals surface area contributed by atoms with Crippen molar-refractivity contribution in [1.82, 2.24) is 10.6 Å². The van der Waals surface area contributed by atoms with Gasteiger partial charge in [-0.1, -0.05) is 12.8 Å². The van der Waals surface area contributed by atoms with E-state index in [1.54, 1.807) is 0 Å². The molecule has 0 heterocycles. The molecular weight excluding hydrogens is 324 g/mol. The first-order chi connectivity index (χ1) is 11.2. The maximum Gasteiger partial charge on any atom is 0.321 e. The number of carboxylic acids is 4. The van der Waals surface area contributed by atoms with Gasteiger partial charge in [-0.25, -0.2) is 0 Å². The van der Waals surface area contributed by atoms with Gasteiger partial charge in [-0.2, -0.15) is 0 Å². The zero-order valence-electron chi connectivity index (χ0n) is 13.0. The van der Waals surface area contributed by atoms with Gasteiger partial charge in [0.15, 0.2) is 0 Å². The number of carbonyl (C=O) groups is 4. The third-order valence-corrected chi connectivity index (χ3v) is 3.95. The van der Waals surface area contributed by atoms with Crippen LogP contribution < -0.4 is 10.6 Å². The highest BCUT2D eigenvalue weighted by molar-refractivity contribution is 5.81. The summed E-state index contributed by atoms with van der Waals surface area (Å²) in [7, 11) is 0. The van der Waals surface area contributed by atoms with Crippen molar-refractivity contribution in [3.05, 3.63) is 0 Å². The maximum atomic E-state index is 11.2. The summed E-state index contributed by atoms with van der Waals surface area (Å²) >= 11 is 0. The first-order valence-electron chi connectivity index (χ1n) is 7.62. The van der Waals surface area contributed by atoms with Crippen LogP contribution in [0, 0.1) is 0 Å². The van der Waals surface area contributed by atoms with E-state index in [0.29, 0.717) is 12.8 Å². The van der Waals surface area contributed by atoms with Crippen molar-refractivity contribution >= 4 is 23.9 Å². The summed E-state index contributed by atoms with van der Waals surface area (Å²) in [6, 6.07) is -3.49. The van der Waals surface area contributed by atoms with Crippen molar-refractivity contribution in [2.45, 2.75) is 62.7 Å². The number of hydrogen-bond donors (Lipinski definition) is 6. The molecule has 0 amide bonds. The molecule has 10 nitrogen and oxygen atoms in total. The van der Waals surface area contributed by atoms with Crippen LogP contribution >= 0.6 is 0 Å². The van der Waals surface area contributed by atoms with Crippen molar-refractivity contribution in [2.24, 2.45) is 0 Å². The number of nitrogens with one attached hydrogen (secondary N) is 2. The van der Waals surface area contributed by atoms with E-state index in [-0.39, 0.29) is 0 Å². The third-order valence-electron chi connectivity index (χ3n) is 3.95. The Morgan fingerprint density at radius 3 is 1.33 bits per heavy atom. The highest BCUT2D eigenvalue weighted by atomic mass is 16.4. The molecule has 0 spiro atoms. The number of rotatable bonds is 10. The molecule has 1 saturated carbocycles. The van der Waals surface area contributed by atoms with Crippen LogP contribution in [0.3, 0.4) is 0 Å². The van der Waals surface area contributed by atoms with Gasteiger partial charge in [-0.05, 0) is 12.8 Å². The second kappa shape index (κ2) is 9.18. The Morgan fingerprint density at radius 1 is 0.750 bits per heavy atom. The van der Waals surface area contributed by atoms with E-state index < -0.39 is 60.9 Å². The van der Waals surface area contributed by atoms with E-state index in [0.717, 1.165) is 12.8 Å². The molecule has 0 radical (unpaired) electrons. The lowest BCUT2D eigenvalue weighted by Crippen LogP contribution is -2.58. The van der Waals surface area contributed by atoms with Crippen LogP contribution in [-0.4, -0.2) is 68.5 Å². The van der Waals surface area contributed by atoms with Crippen molar-refractivity contribution in [3.63, 3.8) is 0 Å². The second-order valence-electron chi connectivity index (χ2n) is 5.81. The SMILES string of the molecule is O=C(O)CC(NC1CCCCC1NC(CC(=O)O)C(=O)O)C(=O)O. The zero-order chi connectivity index (χ0) is 18.3. The molecule has 0 aliphatic heterocycles. The van der Waals surface area contributed by atoms with Crippen LogP contribution in [0.5, 0.6) is 0 Å². The summed E-state index contributed by atoms with van der Waals surface area (Å²) in [6.07, 6.45) is 1.45. The molecule has 0 aromatic rings. The van der Waals surface area contributed by atoms with E-state index in [4.69, 9.17) is 20.4 Å². The number of hydrogen-bond acceptors (Lipinski definition) is 6.